The van der Waals surface area contributed by atoms with E-state index in [0.29, 0.717) is 11.3 Å². The molecule has 0 fully saturated rings. The molecule has 1 rings (SSSR count). The molecule has 0 aliphatic heterocycles. The van der Waals surface area contributed by atoms with Crippen molar-refractivity contribution in [2.75, 3.05) is 20.3 Å². The van der Waals surface area contributed by atoms with Crippen LogP contribution >= 0.6 is 0 Å². The lowest BCUT2D eigenvalue weighted by molar-refractivity contribution is 0.0168. The molecule has 0 bridgehead atoms. The van der Waals surface area contributed by atoms with Gasteiger partial charge in [0.1, 0.15) is 5.75 Å². The van der Waals surface area contributed by atoms with E-state index in [1.54, 1.807) is 31.4 Å². The maximum atomic E-state index is 11.4. The van der Waals surface area contributed by atoms with Gasteiger partial charge in [0.2, 0.25) is 0 Å². The Labute approximate surface area is 87.6 Å². The fourth-order valence-corrected chi connectivity index (χ4v) is 0.964. The quantitative estimate of drug-likeness (QED) is 0.544. The number of rotatable bonds is 5. The summed E-state index contributed by atoms with van der Waals surface area (Å²) in [6.07, 6.45) is 0. The Bertz CT molecular complexity index is 310. The number of ether oxygens (including phenoxy) is 1. The van der Waals surface area contributed by atoms with Gasteiger partial charge in [0.15, 0.2) is 0 Å². The predicted molar refractivity (Wildman–Crippen MR) is 53.5 cm³/mol. The van der Waals surface area contributed by atoms with Gasteiger partial charge in [0, 0.05) is 5.56 Å². The third-order valence-electron chi connectivity index (χ3n) is 1.71. The van der Waals surface area contributed by atoms with Crippen molar-refractivity contribution in [3.63, 3.8) is 0 Å². The summed E-state index contributed by atoms with van der Waals surface area (Å²) in [4.78, 5) is 16.0. The Morgan fingerprint density at radius 3 is 2.60 bits per heavy atom. The number of hydrogen-bond acceptors (Lipinski definition) is 4. The third-order valence-corrected chi connectivity index (χ3v) is 1.71. The standard InChI is InChI=1S/C10H13NO4/c1-14-9-4-2-8(3-5-9)10(13)11-15-7-6-12/h2-5,12H,6-7H2,1H3,(H,11,13). The zero-order valence-electron chi connectivity index (χ0n) is 8.40. The molecule has 0 radical (unpaired) electrons. The average molecular weight is 211 g/mol. The zero-order chi connectivity index (χ0) is 11.1. The first-order valence-electron chi connectivity index (χ1n) is 4.45. The van der Waals surface area contributed by atoms with Gasteiger partial charge in [-0.15, -0.1) is 0 Å². The monoisotopic (exact) mass is 211 g/mol. The van der Waals surface area contributed by atoms with Crippen LogP contribution in [-0.4, -0.2) is 31.3 Å². The van der Waals surface area contributed by atoms with Crippen molar-refractivity contribution in [1.29, 1.82) is 0 Å². The van der Waals surface area contributed by atoms with Gasteiger partial charge in [-0.1, -0.05) is 0 Å². The van der Waals surface area contributed by atoms with Crippen molar-refractivity contribution in [3.05, 3.63) is 29.8 Å². The van der Waals surface area contributed by atoms with E-state index in [-0.39, 0.29) is 19.1 Å². The van der Waals surface area contributed by atoms with Crippen LogP contribution in [0.5, 0.6) is 5.75 Å². The summed E-state index contributed by atoms with van der Waals surface area (Å²) in [7, 11) is 1.55. The Hall–Kier alpha value is -1.59. The Morgan fingerprint density at radius 1 is 1.40 bits per heavy atom. The highest BCUT2D eigenvalue weighted by Crippen LogP contribution is 2.10. The first-order valence-corrected chi connectivity index (χ1v) is 4.45. The molecule has 0 atom stereocenters. The van der Waals surface area contributed by atoms with Crippen molar-refractivity contribution >= 4 is 5.91 Å². The number of amides is 1. The Morgan fingerprint density at radius 2 is 2.07 bits per heavy atom. The van der Waals surface area contributed by atoms with Crippen LogP contribution in [0.15, 0.2) is 24.3 Å². The summed E-state index contributed by atoms with van der Waals surface area (Å²) in [6, 6.07) is 6.61. The number of hydroxylamine groups is 1. The predicted octanol–water partition coefficient (Wildman–Crippen LogP) is 0.349. The van der Waals surface area contributed by atoms with E-state index >= 15 is 0 Å². The molecule has 0 heterocycles. The smallest absolute Gasteiger partial charge is 0.274 e. The number of carbonyl (C=O) groups is 1. The second-order valence-electron chi connectivity index (χ2n) is 2.73. The van der Waals surface area contributed by atoms with Crippen LogP contribution in [0.2, 0.25) is 0 Å². The molecule has 0 aliphatic rings. The highest BCUT2D eigenvalue weighted by atomic mass is 16.7. The number of benzene rings is 1. The molecule has 1 aromatic rings. The molecule has 5 heteroatoms. The zero-order valence-corrected chi connectivity index (χ0v) is 8.40. The number of carbonyl (C=O) groups excluding carboxylic acids is 1. The van der Waals surface area contributed by atoms with Crippen LogP contribution in [-0.2, 0) is 4.84 Å². The number of aliphatic hydroxyl groups is 1. The van der Waals surface area contributed by atoms with Crippen LogP contribution in [0.25, 0.3) is 0 Å². The Kier molecular flexibility index (Phi) is 4.59. The first-order chi connectivity index (χ1) is 7.27. The minimum absolute atomic E-state index is 0.0713. The van der Waals surface area contributed by atoms with E-state index in [0.717, 1.165) is 0 Å². The minimum atomic E-state index is -0.355. The number of nitrogens with one attached hydrogen (secondary N) is 1. The van der Waals surface area contributed by atoms with E-state index < -0.39 is 0 Å². The SMILES string of the molecule is COc1ccc(C(=O)NOCCO)cc1. The van der Waals surface area contributed by atoms with E-state index in [1.165, 1.54) is 0 Å². The molecule has 82 valence electrons. The van der Waals surface area contributed by atoms with Crippen molar-refractivity contribution in [2.45, 2.75) is 0 Å². The highest BCUT2D eigenvalue weighted by molar-refractivity contribution is 5.93. The number of aliphatic hydroxyl groups excluding tert-OH is 1. The van der Waals surface area contributed by atoms with Crippen LogP contribution < -0.4 is 10.2 Å². The average Bonchev–Trinajstić information content (AvgIpc) is 2.29. The maximum absolute atomic E-state index is 11.4. The lowest BCUT2D eigenvalue weighted by atomic mass is 10.2. The fourth-order valence-electron chi connectivity index (χ4n) is 0.964. The minimum Gasteiger partial charge on any atom is -0.497 e. The van der Waals surface area contributed by atoms with Gasteiger partial charge in [0.05, 0.1) is 20.3 Å². The van der Waals surface area contributed by atoms with Crippen LogP contribution in [0.1, 0.15) is 10.4 Å². The summed E-state index contributed by atoms with van der Waals surface area (Å²) >= 11 is 0. The summed E-state index contributed by atoms with van der Waals surface area (Å²) in [5.74, 6) is 0.328. The highest BCUT2D eigenvalue weighted by Gasteiger charge is 2.04. The molecule has 0 spiro atoms. The summed E-state index contributed by atoms with van der Waals surface area (Å²) < 4.78 is 4.95. The molecule has 2 N–H and O–H groups in total. The van der Waals surface area contributed by atoms with Crippen molar-refractivity contribution < 1.29 is 19.5 Å². The van der Waals surface area contributed by atoms with Gasteiger partial charge in [-0.2, -0.15) is 0 Å². The van der Waals surface area contributed by atoms with Gasteiger partial charge >= 0.3 is 0 Å². The topological polar surface area (TPSA) is 67.8 Å². The normalized spacial score (nSPS) is 9.73. The molecule has 1 amide bonds. The van der Waals surface area contributed by atoms with Crippen molar-refractivity contribution in [3.8, 4) is 5.75 Å². The third kappa shape index (κ3) is 3.57. The number of hydrogen-bond donors (Lipinski definition) is 2. The van der Waals surface area contributed by atoms with E-state index in [1.807, 2.05) is 0 Å². The number of methoxy groups -OCH3 is 1. The molecular weight excluding hydrogens is 198 g/mol. The van der Waals surface area contributed by atoms with E-state index in [2.05, 4.69) is 10.3 Å². The summed E-state index contributed by atoms with van der Waals surface area (Å²) in [5.41, 5.74) is 2.66. The van der Waals surface area contributed by atoms with E-state index in [9.17, 15) is 4.79 Å². The lowest BCUT2D eigenvalue weighted by Crippen LogP contribution is -2.25. The molecule has 0 unspecified atom stereocenters. The van der Waals surface area contributed by atoms with Crippen LogP contribution in [0.4, 0.5) is 0 Å². The molecule has 15 heavy (non-hydrogen) atoms. The van der Waals surface area contributed by atoms with E-state index in [4.69, 9.17) is 9.84 Å². The van der Waals surface area contributed by atoms with Crippen LogP contribution in [0, 0.1) is 0 Å². The molecule has 1 aromatic carbocycles. The fraction of sp³-hybridized carbons (Fsp3) is 0.300. The molecular formula is C10H13NO4. The lowest BCUT2D eigenvalue weighted by Gasteiger charge is -2.05. The van der Waals surface area contributed by atoms with Crippen molar-refractivity contribution in [2.24, 2.45) is 0 Å². The molecule has 0 saturated carbocycles. The molecule has 0 aliphatic carbocycles. The largest absolute Gasteiger partial charge is 0.497 e. The van der Waals surface area contributed by atoms with Gasteiger partial charge in [0.25, 0.3) is 5.91 Å². The van der Waals surface area contributed by atoms with Crippen molar-refractivity contribution in [1.82, 2.24) is 5.48 Å². The molecule has 0 saturated heterocycles. The maximum Gasteiger partial charge on any atom is 0.274 e. The second-order valence-corrected chi connectivity index (χ2v) is 2.73. The molecule has 0 aromatic heterocycles. The van der Waals surface area contributed by atoms with Gasteiger partial charge in [-0.3, -0.25) is 9.63 Å². The van der Waals surface area contributed by atoms with Gasteiger partial charge in [-0.25, -0.2) is 5.48 Å². The molecule has 5 nitrogen and oxygen atoms in total. The van der Waals surface area contributed by atoms with Gasteiger partial charge in [-0.05, 0) is 24.3 Å². The van der Waals surface area contributed by atoms with Crippen LogP contribution in [0.3, 0.4) is 0 Å². The first kappa shape index (κ1) is 11.5. The summed E-state index contributed by atoms with van der Waals surface area (Å²) in [5, 5.41) is 8.43. The Balaban J connectivity index is 2.50. The van der Waals surface area contributed by atoms with Gasteiger partial charge < -0.3 is 9.84 Å². The summed E-state index contributed by atoms with van der Waals surface area (Å²) in [6.45, 7) is -0.0647. The second kappa shape index (κ2) is 6.00.